The SMILES string of the molecule is O=C(O)CCCN(Cc1ccccc1)C(=O)Cn1ncn2nccc2c1=O. The van der Waals surface area contributed by atoms with E-state index in [9.17, 15) is 14.4 Å². The number of hydrogen-bond donors (Lipinski definition) is 1. The number of fused-ring (bicyclic) bond motifs is 1. The zero-order chi connectivity index (χ0) is 19.2. The van der Waals surface area contributed by atoms with Gasteiger partial charge >= 0.3 is 5.97 Å². The van der Waals surface area contributed by atoms with E-state index in [1.165, 1.54) is 17.0 Å². The van der Waals surface area contributed by atoms with Crippen molar-refractivity contribution in [3.8, 4) is 0 Å². The van der Waals surface area contributed by atoms with Gasteiger partial charge in [0.05, 0.1) is 6.20 Å². The topological polar surface area (TPSA) is 110 Å². The Hall–Kier alpha value is -3.49. The summed E-state index contributed by atoms with van der Waals surface area (Å²) in [6.45, 7) is 0.396. The Kier molecular flexibility index (Phi) is 5.60. The number of carboxylic acids is 1. The summed E-state index contributed by atoms with van der Waals surface area (Å²) in [7, 11) is 0. The Morgan fingerprint density at radius 2 is 1.89 bits per heavy atom. The average molecular weight is 369 g/mol. The number of aliphatic carboxylic acids is 1. The standard InChI is InChI=1S/C18H19N5O4/c24-16(12-22-18(27)15-8-9-19-23(15)13-20-22)21(10-4-7-17(25)26)11-14-5-2-1-3-6-14/h1-3,5-6,8-9,13H,4,7,10-12H2,(H,25,26). The van der Waals surface area contributed by atoms with Crippen molar-refractivity contribution >= 4 is 17.4 Å². The van der Waals surface area contributed by atoms with Crippen LogP contribution in [0.5, 0.6) is 0 Å². The van der Waals surface area contributed by atoms with Crippen LogP contribution in [0.3, 0.4) is 0 Å². The molecule has 1 N–H and O–H groups in total. The van der Waals surface area contributed by atoms with Crippen molar-refractivity contribution in [3.63, 3.8) is 0 Å². The molecule has 1 aromatic carbocycles. The first kappa shape index (κ1) is 18.3. The van der Waals surface area contributed by atoms with E-state index in [2.05, 4.69) is 10.2 Å². The van der Waals surface area contributed by atoms with E-state index in [-0.39, 0.29) is 25.4 Å². The summed E-state index contributed by atoms with van der Waals surface area (Å²) >= 11 is 0. The van der Waals surface area contributed by atoms with Gasteiger partial charge in [0, 0.05) is 19.5 Å². The van der Waals surface area contributed by atoms with Gasteiger partial charge in [0.15, 0.2) is 0 Å². The molecule has 27 heavy (non-hydrogen) atoms. The van der Waals surface area contributed by atoms with Crippen molar-refractivity contribution in [1.29, 1.82) is 0 Å². The van der Waals surface area contributed by atoms with Gasteiger partial charge in [0.2, 0.25) is 5.91 Å². The minimum absolute atomic E-state index is 0.0292. The predicted molar refractivity (Wildman–Crippen MR) is 96.0 cm³/mol. The van der Waals surface area contributed by atoms with Gasteiger partial charge in [-0.05, 0) is 18.1 Å². The van der Waals surface area contributed by atoms with Crippen LogP contribution in [0, 0.1) is 0 Å². The van der Waals surface area contributed by atoms with Crippen LogP contribution in [-0.2, 0) is 22.7 Å². The number of benzene rings is 1. The third kappa shape index (κ3) is 4.57. The molecule has 0 spiro atoms. The van der Waals surface area contributed by atoms with Crippen molar-refractivity contribution in [3.05, 3.63) is 64.8 Å². The summed E-state index contributed by atoms with van der Waals surface area (Å²) in [5.41, 5.74) is 0.847. The third-order valence-corrected chi connectivity index (χ3v) is 4.10. The maximum Gasteiger partial charge on any atom is 0.303 e. The molecule has 0 radical (unpaired) electrons. The van der Waals surface area contributed by atoms with E-state index in [1.54, 1.807) is 11.0 Å². The molecule has 2 aromatic heterocycles. The van der Waals surface area contributed by atoms with E-state index in [0.29, 0.717) is 18.5 Å². The molecule has 0 saturated carbocycles. The first-order valence-electron chi connectivity index (χ1n) is 8.47. The van der Waals surface area contributed by atoms with Crippen molar-refractivity contribution in [1.82, 2.24) is 24.3 Å². The molecule has 2 heterocycles. The highest BCUT2D eigenvalue weighted by molar-refractivity contribution is 5.76. The molecule has 9 heteroatoms. The second-order valence-electron chi connectivity index (χ2n) is 6.05. The van der Waals surface area contributed by atoms with Crippen LogP contribution in [0.1, 0.15) is 18.4 Å². The van der Waals surface area contributed by atoms with E-state index in [4.69, 9.17) is 5.11 Å². The van der Waals surface area contributed by atoms with E-state index in [1.807, 2.05) is 30.3 Å². The summed E-state index contributed by atoms with van der Waals surface area (Å²) in [6, 6.07) is 11.0. The van der Waals surface area contributed by atoms with Crippen LogP contribution in [-0.4, -0.2) is 47.8 Å². The summed E-state index contributed by atoms with van der Waals surface area (Å²) < 4.78 is 2.44. The van der Waals surface area contributed by atoms with E-state index in [0.717, 1.165) is 10.2 Å². The van der Waals surface area contributed by atoms with Crippen LogP contribution in [0.4, 0.5) is 0 Å². The normalized spacial score (nSPS) is 10.8. The Morgan fingerprint density at radius 3 is 2.63 bits per heavy atom. The maximum absolute atomic E-state index is 12.8. The molecular formula is C18H19N5O4. The first-order valence-corrected chi connectivity index (χ1v) is 8.47. The molecule has 0 aliphatic carbocycles. The van der Waals surface area contributed by atoms with Gasteiger partial charge in [0.25, 0.3) is 5.56 Å². The summed E-state index contributed by atoms with van der Waals surface area (Å²) in [4.78, 5) is 37.5. The molecule has 140 valence electrons. The van der Waals surface area contributed by atoms with Gasteiger partial charge < -0.3 is 10.0 Å². The molecule has 0 atom stereocenters. The number of carbonyl (C=O) groups excluding carboxylic acids is 1. The second kappa shape index (κ2) is 8.26. The smallest absolute Gasteiger partial charge is 0.303 e. The molecule has 0 saturated heterocycles. The van der Waals surface area contributed by atoms with Crippen LogP contribution < -0.4 is 5.56 Å². The minimum atomic E-state index is -0.911. The number of carbonyl (C=O) groups is 2. The first-order chi connectivity index (χ1) is 13.0. The largest absolute Gasteiger partial charge is 0.481 e. The predicted octanol–water partition coefficient (Wildman–Crippen LogP) is 0.785. The second-order valence-corrected chi connectivity index (χ2v) is 6.05. The fraction of sp³-hybridized carbons (Fsp3) is 0.278. The monoisotopic (exact) mass is 369 g/mol. The highest BCUT2D eigenvalue weighted by Gasteiger charge is 2.17. The van der Waals surface area contributed by atoms with Crippen molar-refractivity contribution in [2.24, 2.45) is 0 Å². The molecule has 3 aromatic rings. The molecule has 9 nitrogen and oxygen atoms in total. The Morgan fingerprint density at radius 1 is 1.11 bits per heavy atom. The van der Waals surface area contributed by atoms with Gasteiger partial charge in [-0.25, -0.2) is 9.20 Å². The van der Waals surface area contributed by atoms with E-state index < -0.39 is 11.5 Å². The van der Waals surface area contributed by atoms with Crippen molar-refractivity contribution in [2.45, 2.75) is 25.9 Å². The van der Waals surface area contributed by atoms with Crippen LogP contribution in [0.15, 0.2) is 53.7 Å². The minimum Gasteiger partial charge on any atom is -0.481 e. The lowest BCUT2D eigenvalue weighted by Crippen LogP contribution is -2.38. The number of rotatable bonds is 8. The Labute approximate surface area is 154 Å². The average Bonchev–Trinajstić information content (AvgIpc) is 3.13. The lowest BCUT2D eigenvalue weighted by Gasteiger charge is -2.23. The van der Waals surface area contributed by atoms with Gasteiger partial charge in [-0.15, -0.1) is 0 Å². The highest BCUT2D eigenvalue weighted by Crippen LogP contribution is 2.07. The van der Waals surface area contributed by atoms with Crippen molar-refractivity contribution < 1.29 is 14.7 Å². The maximum atomic E-state index is 12.8. The Bertz CT molecular complexity index is 996. The van der Waals surface area contributed by atoms with Crippen LogP contribution >= 0.6 is 0 Å². The van der Waals surface area contributed by atoms with Crippen LogP contribution in [0.2, 0.25) is 0 Å². The zero-order valence-electron chi connectivity index (χ0n) is 14.6. The molecule has 0 unspecified atom stereocenters. The number of nitrogens with zero attached hydrogens (tertiary/aromatic N) is 5. The summed E-state index contributed by atoms with van der Waals surface area (Å²) in [6.07, 6.45) is 3.16. The molecule has 0 fully saturated rings. The summed E-state index contributed by atoms with van der Waals surface area (Å²) in [5.74, 6) is -1.21. The number of hydrogen-bond acceptors (Lipinski definition) is 5. The molecule has 0 aliphatic rings. The van der Waals surface area contributed by atoms with Gasteiger partial charge in [-0.3, -0.25) is 14.4 Å². The Balaban J connectivity index is 1.76. The third-order valence-electron chi connectivity index (χ3n) is 4.10. The van der Waals surface area contributed by atoms with Gasteiger partial charge in [-0.2, -0.15) is 10.2 Å². The van der Waals surface area contributed by atoms with Gasteiger partial charge in [-0.1, -0.05) is 30.3 Å². The number of carboxylic acid groups (broad SMARTS) is 1. The lowest BCUT2D eigenvalue weighted by molar-refractivity contribution is -0.138. The number of aromatic nitrogens is 4. The fourth-order valence-electron chi connectivity index (χ4n) is 2.73. The fourth-order valence-corrected chi connectivity index (χ4v) is 2.73. The quantitative estimate of drug-likeness (QED) is 0.628. The molecular weight excluding hydrogens is 350 g/mol. The van der Waals surface area contributed by atoms with E-state index >= 15 is 0 Å². The highest BCUT2D eigenvalue weighted by atomic mass is 16.4. The zero-order valence-corrected chi connectivity index (χ0v) is 14.6. The molecule has 0 aliphatic heterocycles. The molecule has 1 amide bonds. The van der Waals surface area contributed by atoms with Gasteiger partial charge in [0.1, 0.15) is 18.4 Å². The van der Waals surface area contributed by atoms with Crippen molar-refractivity contribution in [2.75, 3.05) is 6.54 Å². The number of amides is 1. The summed E-state index contributed by atoms with van der Waals surface area (Å²) in [5, 5.41) is 16.8. The lowest BCUT2D eigenvalue weighted by atomic mass is 10.2. The molecule has 3 rings (SSSR count). The van der Waals surface area contributed by atoms with Crippen LogP contribution in [0.25, 0.3) is 5.52 Å². The molecule has 0 bridgehead atoms.